The molecule has 4 N–H and O–H groups in total. The van der Waals surface area contributed by atoms with Gasteiger partial charge in [0.2, 0.25) is 0 Å². The number of rotatable bonds is 3. The third kappa shape index (κ3) is 2.67. The van der Waals surface area contributed by atoms with Gasteiger partial charge in [0.1, 0.15) is 5.82 Å². The summed E-state index contributed by atoms with van der Waals surface area (Å²) in [4.78, 5) is 16.0. The zero-order valence-corrected chi connectivity index (χ0v) is 11.2. The lowest BCUT2D eigenvalue weighted by Crippen LogP contribution is -2.26. The molecule has 0 aliphatic heterocycles. The van der Waals surface area contributed by atoms with Gasteiger partial charge in [-0.3, -0.25) is 9.89 Å². The van der Waals surface area contributed by atoms with Gasteiger partial charge in [-0.1, -0.05) is 0 Å². The molecule has 1 unspecified atom stereocenters. The molecule has 2 rings (SSSR count). The van der Waals surface area contributed by atoms with E-state index in [-0.39, 0.29) is 11.9 Å². The highest BCUT2D eigenvalue weighted by atomic mass is 79.9. The van der Waals surface area contributed by atoms with Crippen molar-refractivity contribution >= 4 is 27.7 Å². The maximum absolute atomic E-state index is 12.1. The number of pyridine rings is 1. The Bertz CT molecular complexity index is 555. The summed E-state index contributed by atoms with van der Waals surface area (Å²) >= 11 is 3.27. The number of nitrogens with zero attached hydrogens (tertiary/aromatic N) is 2. The Hall–Kier alpha value is -1.89. The molecule has 0 saturated heterocycles. The minimum atomic E-state index is -0.218. The van der Waals surface area contributed by atoms with E-state index in [1.54, 1.807) is 12.4 Å². The highest BCUT2D eigenvalue weighted by molar-refractivity contribution is 9.10. The van der Waals surface area contributed by atoms with Crippen molar-refractivity contribution in [3.8, 4) is 0 Å². The van der Waals surface area contributed by atoms with Crippen molar-refractivity contribution in [1.29, 1.82) is 0 Å². The van der Waals surface area contributed by atoms with E-state index in [9.17, 15) is 4.79 Å². The maximum atomic E-state index is 12.1. The van der Waals surface area contributed by atoms with Crippen LogP contribution in [0.4, 0.5) is 5.82 Å². The molecule has 94 valence electrons. The van der Waals surface area contributed by atoms with Crippen molar-refractivity contribution in [2.75, 3.05) is 5.73 Å². The van der Waals surface area contributed by atoms with Crippen LogP contribution >= 0.6 is 15.9 Å². The predicted molar refractivity (Wildman–Crippen MR) is 70.8 cm³/mol. The molecule has 0 spiro atoms. The third-order valence-electron chi connectivity index (χ3n) is 2.49. The van der Waals surface area contributed by atoms with Crippen molar-refractivity contribution in [1.82, 2.24) is 20.5 Å². The maximum Gasteiger partial charge on any atom is 0.253 e. The van der Waals surface area contributed by atoms with Crippen LogP contribution in [0.3, 0.4) is 0 Å². The number of aromatic nitrogens is 3. The number of nitrogens with two attached hydrogens (primary N) is 1. The predicted octanol–water partition coefficient (Wildman–Crippen LogP) is 1.64. The van der Waals surface area contributed by atoms with Crippen LogP contribution in [0.1, 0.15) is 28.9 Å². The van der Waals surface area contributed by atoms with Gasteiger partial charge < -0.3 is 11.1 Å². The van der Waals surface area contributed by atoms with Crippen molar-refractivity contribution in [2.45, 2.75) is 13.0 Å². The quantitative estimate of drug-likeness (QED) is 0.803. The highest BCUT2D eigenvalue weighted by Gasteiger charge is 2.15. The Balaban J connectivity index is 2.15. The summed E-state index contributed by atoms with van der Waals surface area (Å²) in [5.41, 5.74) is 6.92. The molecule has 2 aromatic rings. The molecule has 7 heteroatoms. The van der Waals surface area contributed by atoms with E-state index in [4.69, 9.17) is 5.73 Å². The molecule has 2 heterocycles. The van der Waals surface area contributed by atoms with E-state index in [1.165, 1.54) is 12.3 Å². The summed E-state index contributed by atoms with van der Waals surface area (Å²) in [6.07, 6.45) is 4.91. The minimum Gasteiger partial charge on any atom is -0.384 e. The fraction of sp³-hybridized carbons (Fsp3) is 0.182. The molecular formula is C11H12BrN5O. The Kier molecular flexibility index (Phi) is 3.61. The molecule has 0 aliphatic carbocycles. The van der Waals surface area contributed by atoms with E-state index in [0.717, 1.165) is 5.56 Å². The zero-order valence-electron chi connectivity index (χ0n) is 9.64. The standard InChI is InChI=1S/C11H12BrN5O/c1-6(7-3-15-16-4-7)17-11(18)8-2-10(13)14-5-9(8)12/h2-6H,1H3,(H2,13,14)(H,15,16)(H,17,18). The average molecular weight is 310 g/mol. The molecule has 6 nitrogen and oxygen atoms in total. The van der Waals surface area contributed by atoms with Gasteiger partial charge in [-0.05, 0) is 28.9 Å². The molecule has 1 amide bonds. The number of aromatic amines is 1. The van der Waals surface area contributed by atoms with E-state index >= 15 is 0 Å². The first-order chi connectivity index (χ1) is 8.58. The topological polar surface area (TPSA) is 96.7 Å². The van der Waals surface area contributed by atoms with Gasteiger partial charge >= 0.3 is 0 Å². The number of nitrogen functional groups attached to an aromatic ring is 1. The highest BCUT2D eigenvalue weighted by Crippen LogP contribution is 2.18. The average Bonchev–Trinajstić information content (AvgIpc) is 2.85. The summed E-state index contributed by atoms with van der Waals surface area (Å²) in [6, 6.07) is 1.39. The van der Waals surface area contributed by atoms with Gasteiger partial charge in [0.15, 0.2) is 0 Å². The largest absolute Gasteiger partial charge is 0.384 e. The van der Waals surface area contributed by atoms with Gasteiger partial charge in [-0.2, -0.15) is 5.10 Å². The summed E-state index contributed by atoms with van der Waals surface area (Å²) in [5.74, 6) is 0.0870. The first-order valence-electron chi connectivity index (χ1n) is 5.28. The first kappa shape index (κ1) is 12.6. The van der Waals surface area contributed by atoms with Crippen molar-refractivity contribution in [2.24, 2.45) is 0 Å². The third-order valence-corrected chi connectivity index (χ3v) is 3.12. The normalized spacial score (nSPS) is 12.1. The van der Waals surface area contributed by atoms with Crippen LogP contribution in [-0.2, 0) is 0 Å². The van der Waals surface area contributed by atoms with Gasteiger partial charge in [0.25, 0.3) is 5.91 Å². The van der Waals surface area contributed by atoms with Gasteiger partial charge in [-0.15, -0.1) is 0 Å². The van der Waals surface area contributed by atoms with E-state index in [1.807, 2.05) is 6.92 Å². The fourth-order valence-electron chi connectivity index (χ4n) is 1.48. The zero-order chi connectivity index (χ0) is 13.1. The second-order valence-electron chi connectivity index (χ2n) is 3.82. The lowest BCUT2D eigenvalue weighted by molar-refractivity contribution is 0.0939. The molecule has 18 heavy (non-hydrogen) atoms. The summed E-state index contributed by atoms with van der Waals surface area (Å²) in [6.45, 7) is 1.88. The number of anilines is 1. The Morgan fingerprint density at radius 3 is 3.00 bits per heavy atom. The van der Waals surface area contributed by atoms with Crippen LogP contribution < -0.4 is 11.1 Å². The van der Waals surface area contributed by atoms with Crippen LogP contribution in [0.2, 0.25) is 0 Å². The van der Waals surface area contributed by atoms with Crippen LogP contribution in [-0.4, -0.2) is 21.1 Å². The van der Waals surface area contributed by atoms with E-state index < -0.39 is 0 Å². The van der Waals surface area contributed by atoms with Gasteiger partial charge in [-0.25, -0.2) is 4.98 Å². The van der Waals surface area contributed by atoms with Crippen LogP contribution in [0.25, 0.3) is 0 Å². The molecule has 0 saturated carbocycles. The van der Waals surface area contributed by atoms with Crippen molar-refractivity contribution in [3.63, 3.8) is 0 Å². The number of nitrogens with one attached hydrogen (secondary N) is 2. The summed E-state index contributed by atoms with van der Waals surface area (Å²) in [7, 11) is 0. The number of hydrogen-bond donors (Lipinski definition) is 3. The monoisotopic (exact) mass is 309 g/mol. The molecule has 0 aliphatic rings. The molecule has 0 aromatic carbocycles. The fourth-order valence-corrected chi connectivity index (χ4v) is 1.88. The summed E-state index contributed by atoms with van der Waals surface area (Å²) in [5, 5.41) is 9.40. The van der Waals surface area contributed by atoms with E-state index in [0.29, 0.717) is 15.9 Å². The van der Waals surface area contributed by atoms with Crippen molar-refractivity contribution in [3.05, 3.63) is 40.3 Å². The second kappa shape index (κ2) is 5.18. The second-order valence-corrected chi connectivity index (χ2v) is 4.67. The lowest BCUT2D eigenvalue weighted by Gasteiger charge is -2.13. The Morgan fingerprint density at radius 1 is 1.56 bits per heavy atom. The van der Waals surface area contributed by atoms with Crippen LogP contribution in [0.5, 0.6) is 0 Å². The molecular weight excluding hydrogens is 298 g/mol. The van der Waals surface area contributed by atoms with Crippen molar-refractivity contribution < 1.29 is 4.79 Å². The molecule has 2 aromatic heterocycles. The number of amides is 1. The number of H-pyrrole nitrogens is 1. The number of halogens is 1. The Labute approximate surface area is 112 Å². The first-order valence-corrected chi connectivity index (χ1v) is 6.08. The Morgan fingerprint density at radius 2 is 2.33 bits per heavy atom. The van der Waals surface area contributed by atoms with Gasteiger partial charge in [0.05, 0.1) is 17.8 Å². The number of carbonyl (C=O) groups is 1. The lowest BCUT2D eigenvalue weighted by atomic mass is 10.1. The molecule has 0 radical (unpaired) electrons. The SMILES string of the molecule is CC(NC(=O)c1cc(N)ncc1Br)c1cn[nH]c1. The number of hydrogen-bond acceptors (Lipinski definition) is 4. The molecule has 0 bridgehead atoms. The van der Waals surface area contributed by atoms with Crippen LogP contribution in [0, 0.1) is 0 Å². The minimum absolute atomic E-state index is 0.141. The van der Waals surface area contributed by atoms with Gasteiger partial charge in [0, 0.05) is 22.4 Å². The number of carbonyl (C=O) groups excluding carboxylic acids is 1. The smallest absolute Gasteiger partial charge is 0.253 e. The molecule has 1 atom stereocenters. The van der Waals surface area contributed by atoms with Crippen LogP contribution in [0.15, 0.2) is 29.1 Å². The van der Waals surface area contributed by atoms with E-state index in [2.05, 4.69) is 36.4 Å². The summed E-state index contributed by atoms with van der Waals surface area (Å²) < 4.78 is 0.605. The molecule has 0 fully saturated rings.